The average molecular weight is 326 g/mol. The van der Waals surface area contributed by atoms with Gasteiger partial charge in [-0.2, -0.15) is 0 Å². The standard InChI is InChI=1S/C19H22N2O3/c1-19(2,24)16-10-8-14(9-11-16)12-20-17(22)13-21-18(23)15-6-4-3-5-7-15/h3-11,24H,12-13H2,1-2H3,(H,20,22)(H,21,23). The van der Waals surface area contributed by atoms with E-state index in [1.54, 1.807) is 38.1 Å². The normalized spacial score (nSPS) is 11.0. The molecule has 0 spiro atoms. The summed E-state index contributed by atoms with van der Waals surface area (Å²) in [5.41, 5.74) is 1.37. The Bertz CT molecular complexity index is 689. The van der Waals surface area contributed by atoms with Gasteiger partial charge in [0.15, 0.2) is 0 Å². The molecule has 0 heterocycles. The van der Waals surface area contributed by atoms with Gasteiger partial charge in [0.05, 0.1) is 12.1 Å². The molecule has 0 bridgehead atoms. The van der Waals surface area contributed by atoms with Crippen LogP contribution in [0.5, 0.6) is 0 Å². The van der Waals surface area contributed by atoms with Crippen molar-refractivity contribution in [2.75, 3.05) is 6.54 Å². The molecule has 0 aliphatic rings. The van der Waals surface area contributed by atoms with Gasteiger partial charge in [0.1, 0.15) is 0 Å². The average Bonchev–Trinajstić information content (AvgIpc) is 2.58. The molecule has 24 heavy (non-hydrogen) atoms. The zero-order chi connectivity index (χ0) is 17.6. The molecule has 0 unspecified atom stereocenters. The molecule has 5 heteroatoms. The molecule has 2 aromatic carbocycles. The summed E-state index contributed by atoms with van der Waals surface area (Å²) >= 11 is 0. The van der Waals surface area contributed by atoms with Crippen molar-refractivity contribution in [3.8, 4) is 0 Å². The molecular formula is C19H22N2O3. The van der Waals surface area contributed by atoms with E-state index in [4.69, 9.17) is 0 Å². The first-order chi connectivity index (χ1) is 11.4. The van der Waals surface area contributed by atoms with Crippen molar-refractivity contribution < 1.29 is 14.7 Å². The van der Waals surface area contributed by atoms with Crippen molar-refractivity contribution in [2.24, 2.45) is 0 Å². The van der Waals surface area contributed by atoms with Crippen LogP contribution in [-0.2, 0) is 16.9 Å². The van der Waals surface area contributed by atoms with E-state index in [1.165, 1.54) is 0 Å². The summed E-state index contributed by atoms with van der Waals surface area (Å²) in [6.45, 7) is 3.74. The van der Waals surface area contributed by atoms with Crippen LogP contribution in [0.2, 0.25) is 0 Å². The van der Waals surface area contributed by atoms with Crippen molar-refractivity contribution >= 4 is 11.8 Å². The second-order valence-electron chi connectivity index (χ2n) is 6.08. The number of benzene rings is 2. The molecule has 0 radical (unpaired) electrons. The Labute approximate surface area is 141 Å². The van der Waals surface area contributed by atoms with Crippen molar-refractivity contribution in [2.45, 2.75) is 26.0 Å². The predicted molar refractivity (Wildman–Crippen MR) is 92.3 cm³/mol. The van der Waals surface area contributed by atoms with Gasteiger partial charge in [0, 0.05) is 12.1 Å². The van der Waals surface area contributed by atoms with E-state index in [0.29, 0.717) is 12.1 Å². The SMILES string of the molecule is CC(C)(O)c1ccc(CNC(=O)CNC(=O)c2ccccc2)cc1. The summed E-state index contributed by atoms with van der Waals surface area (Å²) < 4.78 is 0. The van der Waals surface area contributed by atoms with E-state index in [0.717, 1.165) is 11.1 Å². The lowest BCUT2D eigenvalue weighted by molar-refractivity contribution is -0.120. The van der Waals surface area contributed by atoms with Gasteiger partial charge >= 0.3 is 0 Å². The summed E-state index contributed by atoms with van der Waals surface area (Å²) in [6.07, 6.45) is 0. The molecule has 0 aliphatic heterocycles. The minimum atomic E-state index is -0.885. The van der Waals surface area contributed by atoms with Gasteiger partial charge in [-0.25, -0.2) is 0 Å². The number of aliphatic hydroxyl groups is 1. The molecule has 2 aromatic rings. The Balaban J connectivity index is 1.78. The van der Waals surface area contributed by atoms with Crippen LogP contribution in [0.15, 0.2) is 54.6 Å². The summed E-state index contributed by atoms with van der Waals surface area (Å²) in [5.74, 6) is -0.536. The Morgan fingerprint density at radius 3 is 2.17 bits per heavy atom. The fourth-order valence-corrected chi connectivity index (χ4v) is 2.15. The second-order valence-corrected chi connectivity index (χ2v) is 6.08. The Hall–Kier alpha value is -2.66. The molecule has 0 atom stereocenters. The molecule has 0 saturated carbocycles. The summed E-state index contributed by atoms with van der Waals surface area (Å²) in [5, 5.41) is 15.2. The first-order valence-corrected chi connectivity index (χ1v) is 7.78. The van der Waals surface area contributed by atoms with Crippen LogP contribution in [0.25, 0.3) is 0 Å². The molecule has 2 amide bonds. The van der Waals surface area contributed by atoms with Crippen molar-refractivity contribution in [3.63, 3.8) is 0 Å². The number of nitrogens with one attached hydrogen (secondary N) is 2. The Morgan fingerprint density at radius 1 is 0.958 bits per heavy atom. The van der Waals surface area contributed by atoms with Crippen LogP contribution < -0.4 is 10.6 Å². The summed E-state index contributed by atoms with van der Waals surface area (Å²) in [4.78, 5) is 23.7. The maximum absolute atomic E-state index is 11.8. The Kier molecular flexibility index (Phi) is 5.71. The van der Waals surface area contributed by atoms with E-state index >= 15 is 0 Å². The van der Waals surface area contributed by atoms with Crippen molar-refractivity contribution in [1.82, 2.24) is 10.6 Å². The van der Waals surface area contributed by atoms with Gasteiger partial charge in [-0.1, -0.05) is 42.5 Å². The fourth-order valence-electron chi connectivity index (χ4n) is 2.15. The van der Waals surface area contributed by atoms with E-state index in [1.807, 2.05) is 30.3 Å². The number of carbonyl (C=O) groups excluding carboxylic acids is 2. The van der Waals surface area contributed by atoms with Crippen LogP contribution in [0.3, 0.4) is 0 Å². The third-order valence-electron chi connectivity index (χ3n) is 3.60. The molecule has 0 aliphatic carbocycles. The number of amides is 2. The lowest BCUT2D eigenvalue weighted by Gasteiger charge is -2.18. The molecular weight excluding hydrogens is 304 g/mol. The van der Waals surface area contributed by atoms with Crippen LogP contribution >= 0.6 is 0 Å². The highest BCUT2D eigenvalue weighted by atomic mass is 16.3. The van der Waals surface area contributed by atoms with Crippen LogP contribution in [0.4, 0.5) is 0 Å². The maximum atomic E-state index is 11.8. The number of rotatable bonds is 6. The van der Waals surface area contributed by atoms with E-state index < -0.39 is 5.60 Å². The van der Waals surface area contributed by atoms with Crippen LogP contribution in [0.1, 0.15) is 35.3 Å². The zero-order valence-corrected chi connectivity index (χ0v) is 13.9. The van der Waals surface area contributed by atoms with Gasteiger partial charge in [-0.3, -0.25) is 9.59 Å². The highest BCUT2D eigenvalue weighted by Gasteiger charge is 2.15. The maximum Gasteiger partial charge on any atom is 0.251 e. The van der Waals surface area contributed by atoms with Gasteiger partial charge < -0.3 is 15.7 Å². The van der Waals surface area contributed by atoms with E-state index in [-0.39, 0.29) is 18.4 Å². The fraction of sp³-hybridized carbons (Fsp3) is 0.263. The first-order valence-electron chi connectivity index (χ1n) is 7.78. The van der Waals surface area contributed by atoms with E-state index in [9.17, 15) is 14.7 Å². The zero-order valence-electron chi connectivity index (χ0n) is 13.9. The lowest BCUT2D eigenvalue weighted by atomic mass is 9.97. The molecule has 0 aromatic heterocycles. The molecule has 126 valence electrons. The van der Waals surface area contributed by atoms with Gasteiger partial charge in [0.2, 0.25) is 5.91 Å². The highest BCUT2D eigenvalue weighted by molar-refractivity contribution is 5.96. The van der Waals surface area contributed by atoms with Gasteiger partial charge in [-0.15, -0.1) is 0 Å². The highest BCUT2D eigenvalue weighted by Crippen LogP contribution is 2.19. The molecule has 2 rings (SSSR count). The molecule has 5 nitrogen and oxygen atoms in total. The quantitative estimate of drug-likeness (QED) is 0.759. The van der Waals surface area contributed by atoms with E-state index in [2.05, 4.69) is 10.6 Å². The third-order valence-corrected chi connectivity index (χ3v) is 3.60. The van der Waals surface area contributed by atoms with Crippen molar-refractivity contribution in [1.29, 1.82) is 0 Å². The number of hydrogen-bond acceptors (Lipinski definition) is 3. The van der Waals surface area contributed by atoms with Crippen molar-refractivity contribution in [3.05, 3.63) is 71.3 Å². The third kappa shape index (κ3) is 5.21. The van der Waals surface area contributed by atoms with Crippen LogP contribution in [-0.4, -0.2) is 23.5 Å². The number of hydrogen-bond donors (Lipinski definition) is 3. The van der Waals surface area contributed by atoms with Gasteiger partial charge in [0.25, 0.3) is 5.91 Å². The largest absolute Gasteiger partial charge is 0.386 e. The smallest absolute Gasteiger partial charge is 0.251 e. The first kappa shape index (κ1) is 17.7. The Morgan fingerprint density at radius 2 is 1.58 bits per heavy atom. The molecule has 3 N–H and O–H groups in total. The monoisotopic (exact) mass is 326 g/mol. The lowest BCUT2D eigenvalue weighted by Crippen LogP contribution is -2.36. The number of carbonyl (C=O) groups is 2. The minimum absolute atomic E-state index is 0.0739. The molecule has 0 saturated heterocycles. The van der Waals surface area contributed by atoms with Gasteiger partial charge in [-0.05, 0) is 37.1 Å². The minimum Gasteiger partial charge on any atom is -0.386 e. The summed E-state index contributed by atoms with van der Waals surface area (Å²) in [7, 11) is 0. The summed E-state index contributed by atoms with van der Waals surface area (Å²) in [6, 6.07) is 16.1. The molecule has 0 fully saturated rings. The van der Waals surface area contributed by atoms with Crippen LogP contribution in [0, 0.1) is 0 Å². The predicted octanol–water partition coefficient (Wildman–Crippen LogP) is 1.96. The topological polar surface area (TPSA) is 78.4 Å². The second kappa shape index (κ2) is 7.75.